The zero-order valence-corrected chi connectivity index (χ0v) is 17.1. The van der Waals surface area contributed by atoms with Crippen molar-refractivity contribution >= 4 is 62.6 Å². The maximum absolute atomic E-state index is 11.9. The van der Waals surface area contributed by atoms with Gasteiger partial charge in [0.2, 0.25) is 0 Å². The van der Waals surface area contributed by atoms with Crippen LogP contribution >= 0.6 is 34.2 Å². The number of anilines is 2. The number of hydroxylamine groups is 1. The highest BCUT2D eigenvalue weighted by Gasteiger charge is 2.20. The second-order valence-corrected chi connectivity index (χ2v) is 7.18. The van der Waals surface area contributed by atoms with Crippen molar-refractivity contribution in [3.05, 3.63) is 45.3 Å². The Morgan fingerprint density at radius 1 is 1.39 bits per heavy atom. The highest BCUT2D eigenvalue weighted by molar-refractivity contribution is 14.1. The molecule has 0 fully saturated rings. The molecule has 3 rings (SSSR count). The summed E-state index contributed by atoms with van der Waals surface area (Å²) in [7, 11) is 0. The third-order valence-electron chi connectivity index (χ3n) is 3.48. The minimum atomic E-state index is -1.13. The molecule has 0 unspecified atom stereocenters. The summed E-state index contributed by atoms with van der Waals surface area (Å²) in [6, 6.07) is 7.04. The van der Waals surface area contributed by atoms with E-state index in [2.05, 4.69) is 32.9 Å². The molecule has 9 nitrogen and oxygen atoms in total. The molecule has 0 spiro atoms. The molecule has 0 aliphatic heterocycles. The van der Waals surface area contributed by atoms with E-state index in [4.69, 9.17) is 30.7 Å². The molecule has 4 N–H and O–H groups in total. The Bertz CT molecular complexity index is 983. The van der Waals surface area contributed by atoms with Crippen LogP contribution in [0.15, 0.2) is 41.1 Å². The van der Waals surface area contributed by atoms with E-state index in [0.29, 0.717) is 27.4 Å². The lowest BCUT2D eigenvalue weighted by atomic mass is 10.2. The molecule has 2 aromatic heterocycles. The van der Waals surface area contributed by atoms with Crippen molar-refractivity contribution in [2.45, 2.75) is 6.10 Å². The number of amides is 1. The van der Waals surface area contributed by atoms with Crippen LogP contribution in [-0.2, 0) is 4.84 Å². The van der Waals surface area contributed by atoms with Gasteiger partial charge in [-0.15, -0.1) is 0 Å². The predicted molar refractivity (Wildman–Crippen MR) is 110 cm³/mol. The van der Waals surface area contributed by atoms with Crippen LogP contribution in [0.3, 0.4) is 0 Å². The molecular formula is C17H15ClIN3O6. The number of benzene rings is 1. The van der Waals surface area contributed by atoms with Gasteiger partial charge in [0.15, 0.2) is 0 Å². The number of hydrogen-bond acceptors (Lipinski definition) is 8. The molecule has 0 aliphatic carbocycles. The van der Waals surface area contributed by atoms with E-state index in [9.17, 15) is 9.90 Å². The summed E-state index contributed by atoms with van der Waals surface area (Å²) in [6.45, 7) is -0.808. The molecule has 1 amide bonds. The summed E-state index contributed by atoms with van der Waals surface area (Å²) < 4.78 is 11.7. The quantitative estimate of drug-likeness (QED) is 0.277. The lowest BCUT2D eigenvalue weighted by Gasteiger charge is -2.10. The number of carbonyl (C=O) groups excluding carboxylic acids is 1. The van der Waals surface area contributed by atoms with E-state index in [1.165, 1.54) is 6.20 Å². The maximum atomic E-state index is 11.9. The van der Waals surface area contributed by atoms with Gasteiger partial charge in [-0.1, -0.05) is 11.6 Å². The number of pyridine rings is 1. The van der Waals surface area contributed by atoms with Gasteiger partial charge in [-0.25, -0.2) is 4.79 Å². The van der Waals surface area contributed by atoms with Crippen LogP contribution in [0.25, 0.3) is 11.0 Å². The van der Waals surface area contributed by atoms with Gasteiger partial charge in [0.1, 0.15) is 24.0 Å². The van der Waals surface area contributed by atoms with Gasteiger partial charge in [-0.3, -0.25) is 9.82 Å². The number of nitrogens with one attached hydrogen (secondary N) is 2. The SMILES string of the molecule is O=C(NOC[C@H](O)CO)Oc1oc2ccncc2c1Nc1ccc(I)cc1Cl. The van der Waals surface area contributed by atoms with Gasteiger partial charge in [0, 0.05) is 16.0 Å². The Kier molecular flexibility index (Phi) is 6.91. The Hall–Kier alpha value is -2.12. The third kappa shape index (κ3) is 5.02. The number of carbonyl (C=O) groups is 1. The number of rotatable bonds is 7. The highest BCUT2D eigenvalue weighted by Crippen LogP contribution is 2.40. The lowest BCUT2D eigenvalue weighted by molar-refractivity contribution is -0.0297. The fraction of sp³-hybridized carbons (Fsp3) is 0.176. The van der Waals surface area contributed by atoms with Gasteiger partial charge in [0.25, 0.3) is 0 Å². The third-order valence-corrected chi connectivity index (χ3v) is 4.46. The van der Waals surface area contributed by atoms with Crippen LogP contribution in [0.4, 0.5) is 16.2 Å². The molecule has 1 atom stereocenters. The standard InChI is InChI=1S/C17H15ClIN3O6/c18-12-5-9(19)1-2-13(12)21-15-11-6-20-4-3-14(11)27-16(15)28-17(25)22-26-8-10(24)7-23/h1-6,10,21,23-24H,7-8H2,(H,22,25)/t10-/m1/s1. The highest BCUT2D eigenvalue weighted by atomic mass is 127. The zero-order chi connectivity index (χ0) is 20.1. The van der Waals surface area contributed by atoms with Gasteiger partial charge in [-0.05, 0) is 46.9 Å². The van der Waals surface area contributed by atoms with Crippen LogP contribution in [0, 0.1) is 3.57 Å². The summed E-state index contributed by atoms with van der Waals surface area (Å²) in [5, 5.41) is 22.1. The number of ether oxygens (including phenoxy) is 1. The monoisotopic (exact) mass is 519 g/mol. The molecule has 148 valence electrons. The van der Waals surface area contributed by atoms with Crippen LogP contribution in [0.5, 0.6) is 5.95 Å². The average Bonchev–Trinajstić information content (AvgIpc) is 3.00. The topological polar surface area (TPSA) is 126 Å². The smallest absolute Gasteiger partial charge is 0.424 e. The van der Waals surface area contributed by atoms with Crippen molar-refractivity contribution in [1.82, 2.24) is 10.5 Å². The molecule has 0 radical (unpaired) electrons. The van der Waals surface area contributed by atoms with Crippen molar-refractivity contribution in [1.29, 1.82) is 0 Å². The number of furan rings is 1. The van der Waals surface area contributed by atoms with E-state index in [1.807, 2.05) is 11.5 Å². The molecule has 0 saturated carbocycles. The van der Waals surface area contributed by atoms with E-state index < -0.39 is 18.8 Å². The number of halogens is 2. The van der Waals surface area contributed by atoms with Crippen molar-refractivity contribution < 1.29 is 29.0 Å². The van der Waals surface area contributed by atoms with Crippen molar-refractivity contribution in [3.8, 4) is 5.95 Å². The first-order valence-electron chi connectivity index (χ1n) is 7.95. The van der Waals surface area contributed by atoms with E-state index in [1.54, 1.807) is 24.4 Å². The number of nitrogens with zero attached hydrogens (tertiary/aromatic N) is 1. The second-order valence-electron chi connectivity index (χ2n) is 5.52. The van der Waals surface area contributed by atoms with Crippen LogP contribution in [0.1, 0.15) is 0 Å². The zero-order valence-electron chi connectivity index (χ0n) is 14.2. The molecule has 3 aromatic rings. The van der Waals surface area contributed by atoms with E-state index in [-0.39, 0.29) is 12.6 Å². The Labute approximate surface area is 177 Å². The minimum absolute atomic E-state index is 0.124. The predicted octanol–water partition coefficient (Wildman–Crippen LogP) is 3.20. The second kappa shape index (κ2) is 9.39. The number of aromatic nitrogens is 1. The summed E-state index contributed by atoms with van der Waals surface area (Å²) in [6.07, 6.45) is 0.990. The van der Waals surface area contributed by atoms with E-state index >= 15 is 0 Å². The first kappa shape index (κ1) is 20.6. The number of aliphatic hydroxyl groups is 2. The molecule has 1 aromatic carbocycles. The van der Waals surface area contributed by atoms with Gasteiger partial charge < -0.3 is 24.7 Å². The summed E-state index contributed by atoms with van der Waals surface area (Å²) in [5.41, 5.74) is 3.37. The number of fused-ring (bicyclic) bond motifs is 1. The first-order chi connectivity index (χ1) is 13.5. The van der Waals surface area contributed by atoms with Crippen molar-refractivity contribution in [2.75, 3.05) is 18.5 Å². The Morgan fingerprint density at radius 3 is 2.96 bits per heavy atom. The summed E-state index contributed by atoms with van der Waals surface area (Å²) in [5.74, 6) is -0.124. The minimum Gasteiger partial charge on any atom is -0.424 e. The molecule has 2 heterocycles. The molecular weight excluding hydrogens is 505 g/mol. The van der Waals surface area contributed by atoms with Crippen LogP contribution < -0.4 is 15.5 Å². The Balaban J connectivity index is 1.82. The molecule has 0 aliphatic rings. The fourth-order valence-corrected chi connectivity index (χ4v) is 3.09. The number of aliphatic hydroxyl groups excluding tert-OH is 2. The molecule has 11 heteroatoms. The van der Waals surface area contributed by atoms with Gasteiger partial charge in [0.05, 0.1) is 22.7 Å². The normalized spacial score (nSPS) is 12.0. The largest absolute Gasteiger partial charge is 0.439 e. The lowest BCUT2D eigenvalue weighted by Crippen LogP contribution is -2.31. The van der Waals surface area contributed by atoms with Crippen LogP contribution in [0.2, 0.25) is 5.02 Å². The Morgan fingerprint density at radius 2 is 2.21 bits per heavy atom. The molecule has 0 saturated heterocycles. The molecule has 28 heavy (non-hydrogen) atoms. The number of hydrogen-bond donors (Lipinski definition) is 4. The molecule has 0 bridgehead atoms. The average molecular weight is 520 g/mol. The maximum Gasteiger partial charge on any atom is 0.439 e. The van der Waals surface area contributed by atoms with E-state index in [0.717, 1.165) is 3.57 Å². The summed E-state index contributed by atoms with van der Waals surface area (Å²) >= 11 is 8.41. The van der Waals surface area contributed by atoms with Gasteiger partial charge >= 0.3 is 12.0 Å². The van der Waals surface area contributed by atoms with Crippen molar-refractivity contribution in [2.24, 2.45) is 0 Å². The fourth-order valence-electron chi connectivity index (χ4n) is 2.19. The summed E-state index contributed by atoms with van der Waals surface area (Å²) in [4.78, 5) is 20.8. The van der Waals surface area contributed by atoms with Gasteiger partial charge in [-0.2, -0.15) is 5.48 Å². The van der Waals surface area contributed by atoms with Crippen LogP contribution in [-0.4, -0.2) is 40.6 Å². The van der Waals surface area contributed by atoms with Crippen molar-refractivity contribution in [3.63, 3.8) is 0 Å². The first-order valence-corrected chi connectivity index (χ1v) is 9.40.